The summed E-state index contributed by atoms with van der Waals surface area (Å²) in [6, 6.07) is 9.85. The summed E-state index contributed by atoms with van der Waals surface area (Å²) in [6.45, 7) is 2.58. The lowest BCUT2D eigenvalue weighted by molar-refractivity contribution is -0.119. The predicted molar refractivity (Wildman–Crippen MR) is 134 cm³/mol. The Hall–Kier alpha value is -2.40. The molecule has 0 spiro atoms. The average Bonchev–Trinajstić information content (AvgIpc) is 3.31. The minimum Gasteiger partial charge on any atom is -0.424 e. The van der Waals surface area contributed by atoms with Crippen molar-refractivity contribution in [2.75, 3.05) is 18.5 Å². The van der Waals surface area contributed by atoms with E-state index in [0.29, 0.717) is 5.75 Å². The summed E-state index contributed by atoms with van der Waals surface area (Å²) in [7, 11) is -3.88. The van der Waals surface area contributed by atoms with Crippen LogP contribution in [0.1, 0.15) is 20.1 Å². The molecule has 0 radical (unpaired) electrons. The van der Waals surface area contributed by atoms with Gasteiger partial charge >= 0.3 is 7.60 Å². The summed E-state index contributed by atoms with van der Waals surface area (Å²) >= 11 is 13.0. The van der Waals surface area contributed by atoms with Crippen LogP contribution in [0.2, 0.25) is 0 Å². The van der Waals surface area contributed by atoms with Crippen molar-refractivity contribution in [3.8, 4) is 5.75 Å². The molecule has 0 aliphatic carbocycles. The molecule has 1 unspecified atom stereocenters. The summed E-state index contributed by atoms with van der Waals surface area (Å²) in [5, 5.41) is 11.1. The number of halogens is 2. The standard InChI is InChI=1S/C22H25Cl2N4O7P/c1-12(13(2)29)11-36(32,35-14-6-4-3-5-7-14)33-10-16-17(30)22(23,24)20(34-16)28-9-8-15-18(28)26-21(25)27-19(15)31/h3-9,12,16-17,20,30H,10-11H2,1-2H3,(H3,25,26,27,31)/t12-,16-,17+,20-,36?/m1/s1. The van der Waals surface area contributed by atoms with E-state index in [9.17, 15) is 19.3 Å². The van der Waals surface area contributed by atoms with Crippen molar-refractivity contribution in [3.05, 3.63) is 52.9 Å². The molecule has 11 nitrogen and oxygen atoms in total. The Morgan fingerprint density at radius 1 is 1.36 bits per heavy atom. The van der Waals surface area contributed by atoms with Crippen LogP contribution in [0.5, 0.6) is 5.75 Å². The van der Waals surface area contributed by atoms with Crippen molar-refractivity contribution >= 4 is 53.6 Å². The molecule has 0 amide bonds. The van der Waals surface area contributed by atoms with E-state index in [1.54, 1.807) is 37.3 Å². The first-order chi connectivity index (χ1) is 16.9. The van der Waals surface area contributed by atoms with Gasteiger partial charge in [-0.05, 0) is 25.1 Å². The molecule has 1 saturated heterocycles. The van der Waals surface area contributed by atoms with Crippen LogP contribution < -0.4 is 15.8 Å². The van der Waals surface area contributed by atoms with Gasteiger partial charge in [0, 0.05) is 12.1 Å². The lowest BCUT2D eigenvalue weighted by Gasteiger charge is -2.24. The summed E-state index contributed by atoms with van der Waals surface area (Å²) < 4.78 is 30.3. The molecule has 1 aliphatic rings. The molecule has 1 aliphatic heterocycles. The van der Waals surface area contributed by atoms with Crippen LogP contribution >= 0.6 is 30.8 Å². The van der Waals surface area contributed by atoms with Gasteiger partial charge in [-0.1, -0.05) is 48.3 Å². The van der Waals surface area contributed by atoms with Gasteiger partial charge in [0.25, 0.3) is 5.56 Å². The van der Waals surface area contributed by atoms with E-state index < -0.39 is 48.4 Å². The van der Waals surface area contributed by atoms with Gasteiger partial charge in [-0.2, -0.15) is 4.98 Å². The summed E-state index contributed by atoms with van der Waals surface area (Å²) in [5.74, 6) is -0.629. The zero-order valence-electron chi connectivity index (χ0n) is 19.3. The van der Waals surface area contributed by atoms with Gasteiger partial charge < -0.3 is 24.7 Å². The fraction of sp³-hybridized carbons (Fsp3) is 0.409. The van der Waals surface area contributed by atoms with E-state index >= 15 is 0 Å². The topological polar surface area (TPSA) is 159 Å². The number of hydrogen-bond donors (Lipinski definition) is 3. The van der Waals surface area contributed by atoms with E-state index in [1.165, 1.54) is 23.8 Å². The highest BCUT2D eigenvalue weighted by Crippen LogP contribution is 2.52. The maximum atomic E-state index is 13.6. The van der Waals surface area contributed by atoms with Crippen LogP contribution in [-0.2, 0) is 18.6 Å². The molecule has 4 N–H and O–H groups in total. The number of carbonyl (C=O) groups is 1. The number of rotatable bonds is 9. The minimum atomic E-state index is -3.88. The second-order valence-electron chi connectivity index (χ2n) is 8.56. The number of nitrogen functional groups attached to an aromatic ring is 1. The van der Waals surface area contributed by atoms with Crippen LogP contribution in [0, 0.1) is 5.92 Å². The number of benzene rings is 1. The highest BCUT2D eigenvalue weighted by Gasteiger charge is 2.56. The van der Waals surface area contributed by atoms with Crippen molar-refractivity contribution in [3.63, 3.8) is 0 Å². The zero-order chi connectivity index (χ0) is 26.3. The van der Waals surface area contributed by atoms with E-state index in [-0.39, 0.29) is 28.9 Å². The highest BCUT2D eigenvalue weighted by atomic mass is 35.5. The molecule has 36 heavy (non-hydrogen) atoms. The van der Waals surface area contributed by atoms with Gasteiger partial charge in [-0.25, -0.2) is 4.57 Å². The van der Waals surface area contributed by atoms with Crippen molar-refractivity contribution in [1.29, 1.82) is 0 Å². The number of aliphatic hydroxyl groups is 1. The van der Waals surface area contributed by atoms with Crippen LogP contribution in [0.15, 0.2) is 47.4 Å². The summed E-state index contributed by atoms with van der Waals surface area (Å²) in [4.78, 5) is 30.5. The highest BCUT2D eigenvalue weighted by molar-refractivity contribution is 7.54. The number of anilines is 1. The molecule has 14 heteroatoms. The largest absolute Gasteiger partial charge is 0.424 e. The smallest absolute Gasteiger partial charge is 0.379 e. The number of nitrogens with zero attached hydrogens (tertiary/aromatic N) is 2. The van der Waals surface area contributed by atoms with Crippen LogP contribution in [0.4, 0.5) is 5.95 Å². The third kappa shape index (κ3) is 5.32. The van der Waals surface area contributed by atoms with E-state index in [0.717, 1.165) is 0 Å². The van der Waals surface area contributed by atoms with Crippen LogP contribution in [0.25, 0.3) is 11.0 Å². The van der Waals surface area contributed by atoms with Gasteiger partial charge in [0.1, 0.15) is 23.7 Å². The van der Waals surface area contributed by atoms with Crippen molar-refractivity contribution in [2.45, 2.75) is 36.6 Å². The molecule has 194 valence electrons. The second kappa shape index (κ2) is 10.2. The number of ketones is 1. The summed E-state index contributed by atoms with van der Waals surface area (Å²) in [6.07, 6.45) is -2.53. The SMILES string of the molecule is CC(=O)[C@H](C)CP(=O)(OC[C@H]1O[C@@H](n2ccc3c(=O)[nH]c(N)nc32)C(Cl)(Cl)[C@H]1O)Oc1ccccc1. The number of alkyl halides is 2. The zero-order valence-corrected chi connectivity index (χ0v) is 21.7. The Morgan fingerprint density at radius 2 is 2.06 bits per heavy atom. The molecule has 5 atom stereocenters. The number of ether oxygens (including phenoxy) is 1. The van der Waals surface area contributed by atoms with E-state index in [4.69, 9.17) is 42.7 Å². The van der Waals surface area contributed by atoms with E-state index in [1.807, 2.05) is 0 Å². The summed E-state index contributed by atoms with van der Waals surface area (Å²) in [5.41, 5.74) is 5.35. The van der Waals surface area contributed by atoms with Crippen LogP contribution in [0.3, 0.4) is 0 Å². The third-order valence-electron chi connectivity index (χ3n) is 5.85. The number of nitrogens with two attached hydrogens (primary N) is 1. The number of H-pyrrole nitrogens is 1. The minimum absolute atomic E-state index is 0.126. The monoisotopic (exact) mass is 558 g/mol. The van der Waals surface area contributed by atoms with Gasteiger partial charge in [-0.15, -0.1) is 0 Å². The number of fused-ring (bicyclic) bond motifs is 1. The Labute approximate surface area is 216 Å². The number of hydrogen-bond acceptors (Lipinski definition) is 9. The quantitative estimate of drug-likeness (QED) is 0.264. The molecule has 4 rings (SSSR count). The second-order valence-corrected chi connectivity index (χ2v) is 12.0. The van der Waals surface area contributed by atoms with Gasteiger partial charge in [0.15, 0.2) is 16.2 Å². The third-order valence-corrected chi connectivity index (χ3v) is 8.69. The number of para-hydroxylation sites is 1. The van der Waals surface area contributed by atoms with Crippen molar-refractivity contribution in [2.24, 2.45) is 5.92 Å². The molecule has 0 saturated carbocycles. The maximum absolute atomic E-state index is 13.6. The van der Waals surface area contributed by atoms with Gasteiger partial charge in [0.05, 0.1) is 18.2 Å². The molecule has 1 aromatic carbocycles. The first-order valence-electron chi connectivity index (χ1n) is 11.0. The molecule has 0 bridgehead atoms. The first kappa shape index (κ1) is 26.7. The number of Topliss-reactive ketones (excluding diaryl/α,β-unsaturated/α-hetero) is 1. The van der Waals surface area contributed by atoms with Crippen molar-refractivity contribution in [1.82, 2.24) is 14.5 Å². The molecule has 2 aromatic heterocycles. The Balaban J connectivity index is 1.57. The Bertz CT molecular complexity index is 1360. The first-order valence-corrected chi connectivity index (χ1v) is 13.5. The Morgan fingerprint density at radius 3 is 2.72 bits per heavy atom. The van der Waals surface area contributed by atoms with Crippen LogP contribution in [-0.4, -0.2) is 54.7 Å². The average molecular weight is 559 g/mol. The van der Waals surface area contributed by atoms with Gasteiger partial charge in [0.2, 0.25) is 5.95 Å². The van der Waals surface area contributed by atoms with Crippen molar-refractivity contribution < 1.29 is 28.3 Å². The number of aliphatic hydroxyl groups excluding tert-OH is 1. The lowest BCUT2D eigenvalue weighted by Crippen LogP contribution is -2.38. The number of aromatic amines is 1. The fourth-order valence-electron chi connectivity index (χ4n) is 3.76. The predicted octanol–water partition coefficient (Wildman–Crippen LogP) is 3.25. The molecule has 1 fully saturated rings. The fourth-order valence-corrected chi connectivity index (χ4v) is 6.34. The van der Waals surface area contributed by atoms with Gasteiger partial charge in [-0.3, -0.25) is 19.1 Å². The normalized spacial score (nSPS) is 23.9. The number of carbonyl (C=O) groups excluding carboxylic acids is 1. The molecular formula is C22H25Cl2N4O7P. The Kier molecular flexibility index (Phi) is 7.52. The maximum Gasteiger partial charge on any atom is 0.379 e. The number of nitrogens with one attached hydrogen (secondary N) is 1. The van der Waals surface area contributed by atoms with E-state index in [2.05, 4.69) is 9.97 Å². The molecule has 3 aromatic rings. The number of aromatic nitrogens is 3. The lowest BCUT2D eigenvalue weighted by atomic mass is 10.1. The molecule has 3 heterocycles. The molecular weight excluding hydrogens is 534 g/mol.